The standard InChI is InChI=1S/C27H21ClN2O5/c1-15-2-8-22-17(12-15)5-9-25(29-22)30-26(31)16-3-6-18(7-4-16)35-24-14-23-20(13-21(24)28)19(27(32)33)10-11-34-23/h2-9,12-14,19H,10-11H2,1H3,(H,32,33)(H,29,30,31)/t19-/m1/s1. The number of pyridine rings is 1. The highest BCUT2D eigenvalue weighted by Crippen LogP contribution is 2.41. The van der Waals surface area contributed by atoms with Gasteiger partial charge in [-0.3, -0.25) is 9.59 Å². The molecule has 35 heavy (non-hydrogen) atoms. The molecule has 2 N–H and O–H groups in total. The second kappa shape index (κ2) is 9.27. The molecule has 0 fully saturated rings. The summed E-state index contributed by atoms with van der Waals surface area (Å²) in [6.45, 7) is 2.32. The van der Waals surface area contributed by atoms with Gasteiger partial charge in [0.1, 0.15) is 23.1 Å². The average molecular weight is 489 g/mol. The van der Waals surface area contributed by atoms with Crippen LogP contribution in [0.4, 0.5) is 5.82 Å². The molecule has 0 saturated heterocycles. The number of rotatable bonds is 5. The largest absolute Gasteiger partial charge is 0.493 e. The summed E-state index contributed by atoms with van der Waals surface area (Å²) in [5.74, 6) is -0.163. The summed E-state index contributed by atoms with van der Waals surface area (Å²) < 4.78 is 11.5. The molecule has 5 rings (SSSR count). The van der Waals surface area contributed by atoms with Crippen molar-refractivity contribution in [2.75, 3.05) is 11.9 Å². The van der Waals surface area contributed by atoms with E-state index in [1.165, 1.54) is 0 Å². The average Bonchev–Trinajstić information content (AvgIpc) is 2.84. The Kier molecular flexibility index (Phi) is 6.01. The number of halogens is 1. The summed E-state index contributed by atoms with van der Waals surface area (Å²) >= 11 is 6.36. The van der Waals surface area contributed by atoms with E-state index in [4.69, 9.17) is 21.1 Å². The number of aryl methyl sites for hydroxylation is 1. The van der Waals surface area contributed by atoms with Gasteiger partial charge in [0, 0.05) is 22.6 Å². The number of benzene rings is 3. The van der Waals surface area contributed by atoms with Crippen molar-refractivity contribution in [3.63, 3.8) is 0 Å². The number of carboxylic acid groups (broad SMARTS) is 1. The lowest BCUT2D eigenvalue weighted by atomic mass is 9.93. The number of amides is 1. The molecule has 4 aromatic rings. The molecule has 1 aromatic heterocycles. The Balaban J connectivity index is 1.30. The fourth-order valence-electron chi connectivity index (χ4n) is 4.03. The predicted molar refractivity (Wildman–Crippen MR) is 133 cm³/mol. The first-order chi connectivity index (χ1) is 16.9. The Morgan fingerprint density at radius 1 is 1.09 bits per heavy atom. The predicted octanol–water partition coefficient (Wildman–Crippen LogP) is 6.19. The Labute approximate surface area is 206 Å². The van der Waals surface area contributed by atoms with Crippen molar-refractivity contribution in [2.24, 2.45) is 0 Å². The van der Waals surface area contributed by atoms with Crippen LogP contribution in [-0.4, -0.2) is 28.6 Å². The van der Waals surface area contributed by atoms with Gasteiger partial charge >= 0.3 is 5.97 Å². The van der Waals surface area contributed by atoms with E-state index in [0.29, 0.717) is 47.2 Å². The Morgan fingerprint density at radius 2 is 1.89 bits per heavy atom. The molecule has 1 atom stereocenters. The van der Waals surface area contributed by atoms with Gasteiger partial charge in [-0.05, 0) is 67.9 Å². The fraction of sp³-hybridized carbons (Fsp3) is 0.148. The Bertz CT molecular complexity index is 1450. The third kappa shape index (κ3) is 4.76. The maximum absolute atomic E-state index is 12.7. The van der Waals surface area contributed by atoms with Crippen LogP contribution in [0, 0.1) is 6.92 Å². The molecule has 0 saturated carbocycles. The molecule has 176 valence electrons. The quantitative estimate of drug-likeness (QED) is 0.347. The van der Waals surface area contributed by atoms with Gasteiger partial charge in [-0.1, -0.05) is 23.2 Å². The number of nitrogens with zero attached hydrogens (tertiary/aromatic N) is 1. The highest BCUT2D eigenvalue weighted by Gasteiger charge is 2.29. The fourth-order valence-corrected chi connectivity index (χ4v) is 4.24. The van der Waals surface area contributed by atoms with Gasteiger partial charge in [0.05, 0.1) is 23.1 Å². The summed E-state index contributed by atoms with van der Waals surface area (Å²) in [5.41, 5.74) is 2.92. The molecular formula is C27H21ClN2O5. The molecule has 2 heterocycles. The monoisotopic (exact) mass is 488 g/mol. The Morgan fingerprint density at radius 3 is 2.66 bits per heavy atom. The molecule has 3 aromatic carbocycles. The summed E-state index contributed by atoms with van der Waals surface area (Å²) in [4.78, 5) is 28.7. The molecule has 0 bridgehead atoms. The highest BCUT2D eigenvalue weighted by atomic mass is 35.5. The molecule has 0 unspecified atom stereocenters. The SMILES string of the molecule is Cc1ccc2nc(NC(=O)c3ccc(Oc4cc5c(cc4Cl)[C@H](C(=O)O)CCO5)cc3)ccc2c1. The number of hydrogen-bond donors (Lipinski definition) is 2. The smallest absolute Gasteiger partial charge is 0.311 e. The topological polar surface area (TPSA) is 97.8 Å². The van der Waals surface area contributed by atoms with Crippen LogP contribution in [0.15, 0.2) is 66.7 Å². The van der Waals surface area contributed by atoms with E-state index in [9.17, 15) is 14.7 Å². The lowest BCUT2D eigenvalue weighted by molar-refractivity contribution is -0.139. The number of nitrogens with one attached hydrogen (secondary N) is 1. The van der Waals surface area contributed by atoms with Gasteiger partial charge in [0.15, 0.2) is 0 Å². The first-order valence-electron chi connectivity index (χ1n) is 11.0. The zero-order chi connectivity index (χ0) is 24.5. The van der Waals surface area contributed by atoms with Crippen LogP contribution in [0.5, 0.6) is 17.2 Å². The first kappa shape index (κ1) is 22.7. The molecule has 0 spiro atoms. The van der Waals surface area contributed by atoms with Crippen LogP contribution in [0.2, 0.25) is 5.02 Å². The minimum absolute atomic E-state index is 0.278. The van der Waals surface area contributed by atoms with Crippen molar-refractivity contribution < 1.29 is 24.2 Å². The van der Waals surface area contributed by atoms with E-state index >= 15 is 0 Å². The van der Waals surface area contributed by atoms with Crippen molar-refractivity contribution in [3.8, 4) is 17.2 Å². The van der Waals surface area contributed by atoms with Crippen molar-refractivity contribution in [3.05, 3.63) is 88.4 Å². The van der Waals surface area contributed by atoms with E-state index in [2.05, 4.69) is 10.3 Å². The second-order valence-electron chi connectivity index (χ2n) is 8.32. The van der Waals surface area contributed by atoms with Crippen LogP contribution in [0.25, 0.3) is 10.9 Å². The molecule has 7 nitrogen and oxygen atoms in total. The van der Waals surface area contributed by atoms with Gasteiger partial charge in [-0.15, -0.1) is 0 Å². The van der Waals surface area contributed by atoms with E-state index in [1.807, 2.05) is 31.2 Å². The Hall–Kier alpha value is -4.10. The highest BCUT2D eigenvalue weighted by molar-refractivity contribution is 6.32. The molecule has 8 heteroatoms. The van der Waals surface area contributed by atoms with Crippen molar-refractivity contribution >= 4 is 40.2 Å². The number of aliphatic carboxylic acids is 1. The first-order valence-corrected chi connectivity index (χ1v) is 11.4. The lowest BCUT2D eigenvalue weighted by Gasteiger charge is -2.24. The number of ether oxygens (including phenoxy) is 2. The summed E-state index contributed by atoms with van der Waals surface area (Å²) in [6.07, 6.45) is 0.386. The maximum Gasteiger partial charge on any atom is 0.311 e. The van der Waals surface area contributed by atoms with Crippen LogP contribution in [-0.2, 0) is 4.79 Å². The van der Waals surface area contributed by atoms with Crippen molar-refractivity contribution in [2.45, 2.75) is 19.3 Å². The zero-order valence-corrected chi connectivity index (χ0v) is 19.5. The molecule has 1 amide bonds. The summed E-state index contributed by atoms with van der Waals surface area (Å²) in [7, 11) is 0. The number of carboxylic acids is 1. The van der Waals surface area contributed by atoms with E-state index < -0.39 is 11.9 Å². The number of anilines is 1. The van der Waals surface area contributed by atoms with E-state index in [1.54, 1.807) is 42.5 Å². The molecule has 0 radical (unpaired) electrons. The molecular weight excluding hydrogens is 468 g/mol. The van der Waals surface area contributed by atoms with Gasteiger partial charge in [0.25, 0.3) is 5.91 Å². The minimum Gasteiger partial charge on any atom is -0.493 e. The van der Waals surface area contributed by atoms with Crippen LogP contribution < -0.4 is 14.8 Å². The second-order valence-corrected chi connectivity index (χ2v) is 8.73. The van der Waals surface area contributed by atoms with Crippen LogP contribution >= 0.6 is 11.6 Å². The van der Waals surface area contributed by atoms with Gasteiger partial charge in [-0.25, -0.2) is 4.98 Å². The normalized spacial score (nSPS) is 14.6. The number of fused-ring (bicyclic) bond motifs is 2. The lowest BCUT2D eigenvalue weighted by Crippen LogP contribution is -2.20. The molecule has 0 aliphatic carbocycles. The van der Waals surface area contributed by atoms with Gasteiger partial charge < -0.3 is 19.9 Å². The van der Waals surface area contributed by atoms with E-state index in [-0.39, 0.29) is 10.9 Å². The minimum atomic E-state index is -0.915. The number of carbonyl (C=O) groups is 2. The number of aromatic nitrogens is 1. The summed E-state index contributed by atoms with van der Waals surface area (Å²) in [6, 6.07) is 19.4. The van der Waals surface area contributed by atoms with Crippen molar-refractivity contribution in [1.82, 2.24) is 4.98 Å². The number of hydrogen-bond acceptors (Lipinski definition) is 5. The van der Waals surface area contributed by atoms with Crippen LogP contribution in [0.1, 0.15) is 33.8 Å². The molecule has 1 aliphatic heterocycles. The van der Waals surface area contributed by atoms with Crippen molar-refractivity contribution in [1.29, 1.82) is 0 Å². The number of carbonyl (C=O) groups excluding carboxylic acids is 1. The molecule has 1 aliphatic rings. The van der Waals surface area contributed by atoms with E-state index in [0.717, 1.165) is 16.5 Å². The maximum atomic E-state index is 12.7. The third-order valence-electron chi connectivity index (χ3n) is 5.83. The van der Waals surface area contributed by atoms with Gasteiger partial charge in [-0.2, -0.15) is 0 Å². The summed E-state index contributed by atoms with van der Waals surface area (Å²) in [5, 5.41) is 13.5. The zero-order valence-electron chi connectivity index (χ0n) is 18.7. The third-order valence-corrected chi connectivity index (χ3v) is 6.13. The van der Waals surface area contributed by atoms with Crippen LogP contribution in [0.3, 0.4) is 0 Å². The van der Waals surface area contributed by atoms with Gasteiger partial charge in [0.2, 0.25) is 0 Å².